The van der Waals surface area contributed by atoms with Crippen LogP contribution in [0.2, 0.25) is 0 Å². The Kier molecular flexibility index (Phi) is 6.06. The Morgan fingerprint density at radius 2 is 1.84 bits per heavy atom. The molecule has 1 N–H and O–H groups in total. The third kappa shape index (κ3) is 4.08. The van der Waals surface area contributed by atoms with Crippen LogP contribution >= 0.6 is 0 Å². The molecule has 0 atom stereocenters. The minimum Gasteiger partial charge on any atom is -0.370 e. The normalized spacial score (nSPS) is 10.9. The number of hydrogen-bond donors (Lipinski definition) is 1. The van der Waals surface area contributed by atoms with E-state index in [1.807, 2.05) is 0 Å². The predicted octanol–water partition coefficient (Wildman–Crippen LogP) is 3.58. The molecule has 108 valence electrons. The Morgan fingerprint density at radius 3 is 2.37 bits per heavy atom. The number of aromatic nitrogens is 2. The maximum atomic E-state index is 4.73. The van der Waals surface area contributed by atoms with Crippen molar-refractivity contribution in [1.29, 1.82) is 0 Å². The molecule has 1 aromatic rings. The van der Waals surface area contributed by atoms with Gasteiger partial charge in [-0.05, 0) is 19.8 Å². The zero-order valence-corrected chi connectivity index (χ0v) is 13.2. The van der Waals surface area contributed by atoms with Crippen LogP contribution in [0.4, 0.5) is 11.6 Å². The van der Waals surface area contributed by atoms with Crippen LogP contribution in [0.25, 0.3) is 0 Å². The van der Waals surface area contributed by atoms with Crippen LogP contribution in [0.5, 0.6) is 0 Å². The molecule has 0 saturated heterocycles. The van der Waals surface area contributed by atoms with E-state index in [0.29, 0.717) is 5.92 Å². The molecule has 0 bridgehead atoms. The summed E-state index contributed by atoms with van der Waals surface area (Å²) in [5.41, 5.74) is 1.15. The minimum absolute atomic E-state index is 0.344. The van der Waals surface area contributed by atoms with Crippen LogP contribution < -0.4 is 10.2 Å². The van der Waals surface area contributed by atoms with Gasteiger partial charge in [0.25, 0.3) is 0 Å². The fraction of sp³-hybridized carbons (Fsp3) is 0.733. The van der Waals surface area contributed by atoms with Gasteiger partial charge in [-0.3, -0.25) is 0 Å². The molecule has 1 heterocycles. The van der Waals surface area contributed by atoms with Gasteiger partial charge >= 0.3 is 0 Å². The Hall–Kier alpha value is -1.32. The number of nitrogens with zero attached hydrogens (tertiary/aromatic N) is 3. The average molecular weight is 264 g/mol. The lowest BCUT2D eigenvalue weighted by Gasteiger charge is -2.22. The van der Waals surface area contributed by atoms with Gasteiger partial charge in [0, 0.05) is 31.6 Å². The lowest BCUT2D eigenvalue weighted by Crippen LogP contribution is -2.22. The van der Waals surface area contributed by atoms with E-state index in [-0.39, 0.29) is 0 Å². The SMILES string of the molecule is CCCNc1nc(C(C)C)nc(N(C)CCC)c1C. The predicted molar refractivity (Wildman–Crippen MR) is 83.2 cm³/mol. The maximum absolute atomic E-state index is 4.73. The van der Waals surface area contributed by atoms with Gasteiger partial charge in [-0.25, -0.2) is 9.97 Å². The zero-order valence-electron chi connectivity index (χ0n) is 13.2. The van der Waals surface area contributed by atoms with Gasteiger partial charge in [0.1, 0.15) is 17.5 Å². The van der Waals surface area contributed by atoms with Crippen LogP contribution in [0.15, 0.2) is 0 Å². The second-order valence-electron chi connectivity index (χ2n) is 5.38. The van der Waals surface area contributed by atoms with E-state index in [4.69, 9.17) is 4.98 Å². The topological polar surface area (TPSA) is 41.1 Å². The van der Waals surface area contributed by atoms with Crippen molar-refractivity contribution in [1.82, 2.24) is 9.97 Å². The van der Waals surface area contributed by atoms with Gasteiger partial charge in [-0.1, -0.05) is 27.7 Å². The molecule has 1 aromatic heterocycles. The summed E-state index contributed by atoms with van der Waals surface area (Å²) in [6.07, 6.45) is 2.22. The highest BCUT2D eigenvalue weighted by molar-refractivity contribution is 5.58. The summed E-state index contributed by atoms with van der Waals surface area (Å²) in [6.45, 7) is 12.7. The van der Waals surface area contributed by atoms with Crippen LogP contribution in [0.1, 0.15) is 57.8 Å². The Labute approximate surface area is 117 Å². The third-order valence-electron chi connectivity index (χ3n) is 3.12. The molecule has 0 aliphatic heterocycles. The van der Waals surface area contributed by atoms with Crippen molar-refractivity contribution < 1.29 is 0 Å². The molecule has 0 radical (unpaired) electrons. The first-order chi connectivity index (χ1) is 9.01. The number of rotatable bonds is 7. The van der Waals surface area contributed by atoms with Crippen molar-refractivity contribution in [3.8, 4) is 0 Å². The van der Waals surface area contributed by atoms with E-state index in [2.05, 4.69) is 56.9 Å². The van der Waals surface area contributed by atoms with Crippen molar-refractivity contribution in [3.63, 3.8) is 0 Å². The number of nitrogens with one attached hydrogen (secondary N) is 1. The van der Waals surface area contributed by atoms with Crippen LogP contribution in [0.3, 0.4) is 0 Å². The largest absolute Gasteiger partial charge is 0.370 e. The average Bonchev–Trinajstić information content (AvgIpc) is 2.37. The second kappa shape index (κ2) is 7.31. The molecular weight excluding hydrogens is 236 g/mol. The van der Waals surface area contributed by atoms with Gasteiger partial charge in [0.2, 0.25) is 0 Å². The summed E-state index contributed by atoms with van der Waals surface area (Å²) in [5, 5.41) is 3.42. The Morgan fingerprint density at radius 1 is 1.16 bits per heavy atom. The number of hydrogen-bond acceptors (Lipinski definition) is 4. The molecule has 4 heteroatoms. The van der Waals surface area contributed by atoms with Gasteiger partial charge in [-0.2, -0.15) is 0 Å². The van der Waals surface area contributed by atoms with Crippen molar-refractivity contribution in [2.75, 3.05) is 30.4 Å². The van der Waals surface area contributed by atoms with Crippen molar-refractivity contribution in [2.45, 2.75) is 53.4 Å². The quantitative estimate of drug-likeness (QED) is 0.817. The van der Waals surface area contributed by atoms with Crippen molar-refractivity contribution in [3.05, 3.63) is 11.4 Å². The van der Waals surface area contributed by atoms with Crippen LogP contribution in [-0.4, -0.2) is 30.1 Å². The maximum Gasteiger partial charge on any atom is 0.137 e. The van der Waals surface area contributed by atoms with Crippen molar-refractivity contribution >= 4 is 11.6 Å². The van der Waals surface area contributed by atoms with E-state index < -0.39 is 0 Å². The molecule has 0 aromatic carbocycles. The fourth-order valence-corrected chi connectivity index (χ4v) is 2.01. The van der Waals surface area contributed by atoms with E-state index in [9.17, 15) is 0 Å². The van der Waals surface area contributed by atoms with Gasteiger partial charge < -0.3 is 10.2 Å². The summed E-state index contributed by atoms with van der Waals surface area (Å²) in [7, 11) is 2.10. The van der Waals surface area contributed by atoms with Gasteiger partial charge in [0.15, 0.2) is 0 Å². The molecule has 0 fully saturated rings. The smallest absolute Gasteiger partial charge is 0.137 e. The highest BCUT2D eigenvalue weighted by Gasteiger charge is 2.15. The molecule has 4 nitrogen and oxygen atoms in total. The first kappa shape index (κ1) is 15.7. The fourth-order valence-electron chi connectivity index (χ4n) is 2.01. The molecule has 0 spiro atoms. The van der Waals surface area contributed by atoms with E-state index in [1.54, 1.807) is 0 Å². The highest BCUT2D eigenvalue weighted by Crippen LogP contribution is 2.25. The van der Waals surface area contributed by atoms with Gasteiger partial charge in [0.05, 0.1) is 0 Å². The minimum atomic E-state index is 0.344. The van der Waals surface area contributed by atoms with E-state index >= 15 is 0 Å². The molecule has 19 heavy (non-hydrogen) atoms. The summed E-state index contributed by atoms with van der Waals surface area (Å²) in [4.78, 5) is 11.6. The summed E-state index contributed by atoms with van der Waals surface area (Å²) in [5.74, 6) is 3.30. The van der Waals surface area contributed by atoms with E-state index in [1.165, 1.54) is 0 Å². The van der Waals surface area contributed by atoms with Gasteiger partial charge in [-0.15, -0.1) is 0 Å². The first-order valence-electron chi connectivity index (χ1n) is 7.34. The summed E-state index contributed by atoms with van der Waals surface area (Å²) < 4.78 is 0. The molecule has 0 saturated carbocycles. The summed E-state index contributed by atoms with van der Waals surface area (Å²) in [6, 6.07) is 0. The molecule has 0 aliphatic rings. The van der Waals surface area contributed by atoms with Crippen molar-refractivity contribution in [2.24, 2.45) is 0 Å². The molecule has 0 aliphatic carbocycles. The van der Waals surface area contributed by atoms with Crippen LogP contribution in [-0.2, 0) is 0 Å². The Balaban J connectivity index is 3.16. The third-order valence-corrected chi connectivity index (χ3v) is 3.12. The van der Waals surface area contributed by atoms with Crippen LogP contribution in [0, 0.1) is 6.92 Å². The monoisotopic (exact) mass is 264 g/mol. The highest BCUT2D eigenvalue weighted by atomic mass is 15.2. The first-order valence-corrected chi connectivity index (χ1v) is 7.34. The Bertz CT molecular complexity index is 401. The second-order valence-corrected chi connectivity index (χ2v) is 5.38. The molecule has 0 unspecified atom stereocenters. The number of anilines is 2. The lowest BCUT2D eigenvalue weighted by molar-refractivity contribution is 0.753. The summed E-state index contributed by atoms with van der Waals surface area (Å²) >= 11 is 0. The molecule has 0 amide bonds. The molecular formula is C15H28N4. The van der Waals surface area contributed by atoms with E-state index in [0.717, 1.165) is 49.0 Å². The standard InChI is InChI=1S/C15H28N4/c1-7-9-16-14-12(5)15(19(6)10-8-2)18-13(17-14)11(3)4/h11H,7-10H2,1-6H3,(H,16,17,18). The molecule has 1 rings (SSSR count). The zero-order chi connectivity index (χ0) is 14.4. The lowest BCUT2D eigenvalue weighted by atomic mass is 10.2.